The molecule has 0 aliphatic carbocycles. The highest BCUT2D eigenvalue weighted by atomic mass is 16.5. The Morgan fingerprint density at radius 2 is 1.45 bits per heavy atom. The van der Waals surface area contributed by atoms with Crippen molar-refractivity contribution in [3.05, 3.63) is 47.5 Å². The molecule has 0 fully saturated rings. The van der Waals surface area contributed by atoms with Crippen LogP contribution in [0, 0.1) is 0 Å². The highest BCUT2D eigenvalue weighted by Gasteiger charge is 2.25. The van der Waals surface area contributed by atoms with E-state index in [1.54, 1.807) is 14.2 Å². The fourth-order valence-electron chi connectivity index (χ4n) is 3.22. The van der Waals surface area contributed by atoms with Crippen LogP contribution in [0.2, 0.25) is 0 Å². The first-order valence-corrected chi connectivity index (χ1v) is 7.11. The molecular weight excluding hydrogens is 278 g/mol. The molecule has 1 aliphatic heterocycles. The topological polar surface area (TPSA) is 47.6 Å². The first-order chi connectivity index (χ1) is 10.7. The van der Waals surface area contributed by atoms with Gasteiger partial charge in [0.05, 0.1) is 19.8 Å². The van der Waals surface area contributed by atoms with E-state index in [2.05, 4.69) is 5.32 Å². The molecule has 4 rings (SSSR count). The molecular formula is C18H15NO3. The third-order valence-electron chi connectivity index (χ3n) is 4.29. The monoisotopic (exact) mass is 293 g/mol. The van der Waals surface area contributed by atoms with E-state index in [1.165, 1.54) is 0 Å². The maximum atomic E-state index is 12.3. The number of hydrogen-bond donors (Lipinski definition) is 1. The molecule has 1 amide bonds. The highest BCUT2D eigenvalue weighted by molar-refractivity contribution is 6.20. The fourth-order valence-corrected chi connectivity index (χ4v) is 3.22. The lowest BCUT2D eigenvalue weighted by molar-refractivity contribution is 0.0967. The minimum Gasteiger partial charge on any atom is -0.497 e. The number of hydrogen-bond acceptors (Lipinski definition) is 3. The van der Waals surface area contributed by atoms with Crippen LogP contribution < -0.4 is 14.8 Å². The number of carbonyl (C=O) groups excluding carboxylic acids is 1. The van der Waals surface area contributed by atoms with Gasteiger partial charge in [-0.05, 0) is 51.4 Å². The second-order valence-electron chi connectivity index (χ2n) is 5.36. The van der Waals surface area contributed by atoms with Crippen molar-refractivity contribution in [1.82, 2.24) is 5.32 Å². The summed E-state index contributed by atoms with van der Waals surface area (Å²) in [5, 5.41) is 7.09. The second-order valence-corrected chi connectivity index (χ2v) is 5.36. The Morgan fingerprint density at radius 3 is 2.09 bits per heavy atom. The average Bonchev–Trinajstić information content (AvgIpc) is 2.96. The van der Waals surface area contributed by atoms with Crippen molar-refractivity contribution in [1.29, 1.82) is 0 Å². The van der Waals surface area contributed by atoms with E-state index in [9.17, 15) is 4.79 Å². The Kier molecular flexibility index (Phi) is 2.73. The SMILES string of the molecule is COc1ccc2c(c1)c1c(c3cc(OC)ccc32)C(=O)NC1. The van der Waals surface area contributed by atoms with Gasteiger partial charge in [0.2, 0.25) is 0 Å². The molecule has 0 saturated carbocycles. The van der Waals surface area contributed by atoms with E-state index in [-0.39, 0.29) is 5.91 Å². The average molecular weight is 293 g/mol. The summed E-state index contributed by atoms with van der Waals surface area (Å²) in [5.41, 5.74) is 1.77. The van der Waals surface area contributed by atoms with Crippen LogP contribution in [0.15, 0.2) is 36.4 Å². The number of benzene rings is 3. The number of fused-ring (bicyclic) bond motifs is 6. The molecule has 22 heavy (non-hydrogen) atoms. The summed E-state index contributed by atoms with van der Waals surface area (Å²) >= 11 is 0. The van der Waals surface area contributed by atoms with Crippen molar-refractivity contribution >= 4 is 27.5 Å². The van der Waals surface area contributed by atoms with Gasteiger partial charge in [0.25, 0.3) is 5.91 Å². The molecule has 1 N–H and O–H groups in total. The van der Waals surface area contributed by atoms with Gasteiger partial charge in [-0.2, -0.15) is 0 Å². The van der Waals surface area contributed by atoms with E-state index in [4.69, 9.17) is 9.47 Å². The summed E-state index contributed by atoms with van der Waals surface area (Å²) in [6.07, 6.45) is 0. The molecule has 0 bridgehead atoms. The van der Waals surface area contributed by atoms with Crippen molar-refractivity contribution in [3.63, 3.8) is 0 Å². The molecule has 0 atom stereocenters. The van der Waals surface area contributed by atoms with Gasteiger partial charge in [0, 0.05) is 6.54 Å². The lowest BCUT2D eigenvalue weighted by atomic mass is 9.92. The van der Waals surface area contributed by atoms with Crippen molar-refractivity contribution in [2.24, 2.45) is 0 Å². The molecule has 4 nitrogen and oxygen atoms in total. The van der Waals surface area contributed by atoms with Gasteiger partial charge in [-0.25, -0.2) is 0 Å². The molecule has 0 saturated heterocycles. The molecule has 0 radical (unpaired) electrons. The Balaban J connectivity index is 2.21. The Bertz CT molecular complexity index is 931. The molecule has 3 aromatic rings. The summed E-state index contributed by atoms with van der Waals surface area (Å²) in [5.74, 6) is 1.52. The zero-order valence-corrected chi connectivity index (χ0v) is 12.4. The quantitative estimate of drug-likeness (QED) is 0.738. The van der Waals surface area contributed by atoms with Gasteiger partial charge < -0.3 is 14.8 Å². The lowest BCUT2D eigenvalue weighted by Crippen LogP contribution is -2.12. The fraction of sp³-hybridized carbons (Fsp3) is 0.167. The van der Waals surface area contributed by atoms with Crippen molar-refractivity contribution in [2.75, 3.05) is 14.2 Å². The van der Waals surface area contributed by atoms with Crippen LogP contribution in [-0.2, 0) is 6.54 Å². The zero-order valence-electron chi connectivity index (χ0n) is 12.4. The van der Waals surface area contributed by atoms with E-state index < -0.39 is 0 Å². The van der Waals surface area contributed by atoms with Crippen molar-refractivity contribution in [3.8, 4) is 11.5 Å². The maximum Gasteiger partial charge on any atom is 0.252 e. The summed E-state index contributed by atoms with van der Waals surface area (Å²) in [6.45, 7) is 0.547. The first kappa shape index (κ1) is 13.0. The first-order valence-electron chi connectivity index (χ1n) is 7.11. The Hall–Kier alpha value is -2.75. The van der Waals surface area contributed by atoms with Gasteiger partial charge >= 0.3 is 0 Å². The Labute approximate surface area is 127 Å². The van der Waals surface area contributed by atoms with Gasteiger partial charge in [-0.3, -0.25) is 4.79 Å². The standard InChI is InChI=1S/C18H15NO3/c1-21-10-3-5-12-13-6-4-11(22-2)8-15(13)17-16(14(12)7-10)9-19-18(17)20/h3-8H,9H2,1-2H3,(H,19,20). The minimum atomic E-state index is -0.0297. The smallest absolute Gasteiger partial charge is 0.252 e. The van der Waals surface area contributed by atoms with Gasteiger partial charge in [0.15, 0.2) is 0 Å². The van der Waals surface area contributed by atoms with Crippen molar-refractivity contribution < 1.29 is 14.3 Å². The summed E-state index contributed by atoms with van der Waals surface area (Å²) in [4.78, 5) is 12.3. The van der Waals surface area contributed by atoms with Crippen LogP contribution in [-0.4, -0.2) is 20.1 Å². The van der Waals surface area contributed by atoms with Crippen LogP contribution in [0.1, 0.15) is 15.9 Å². The van der Waals surface area contributed by atoms with Crippen LogP contribution in [0.4, 0.5) is 0 Å². The Morgan fingerprint density at radius 1 is 0.864 bits per heavy atom. The minimum absolute atomic E-state index is 0.0297. The maximum absolute atomic E-state index is 12.3. The van der Waals surface area contributed by atoms with Crippen LogP contribution >= 0.6 is 0 Å². The largest absolute Gasteiger partial charge is 0.497 e. The van der Waals surface area contributed by atoms with E-state index in [0.29, 0.717) is 6.54 Å². The van der Waals surface area contributed by atoms with Crippen LogP contribution in [0.3, 0.4) is 0 Å². The zero-order chi connectivity index (χ0) is 15.3. The summed E-state index contributed by atoms with van der Waals surface area (Å²) < 4.78 is 10.6. The molecule has 110 valence electrons. The number of rotatable bonds is 2. The molecule has 0 aromatic heterocycles. The molecule has 0 unspecified atom stereocenters. The number of amides is 1. The predicted molar refractivity (Wildman–Crippen MR) is 85.7 cm³/mol. The van der Waals surface area contributed by atoms with Gasteiger partial charge in [-0.1, -0.05) is 12.1 Å². The normalized spacial score (nSPS) is 13.3. The molecule has 1 aliphatic rings. The molecule has 3 aromatic carbocycles. The van der Waals surface area contributed by atoms with E-state index in [1.807, 2.05) is 36.4 Å². The van der Waals surface area contributed by atoms with E-state index in [0.717, 1.165) is 44.2 Å². The van der Waals surface area contributed by atoms with Crippen LogP contribution in [0.25, 0.3) is 21.5 Å². The predicted octanol–water partition coefficient (Wildman–Crippen LogP) is 3.25. The second kappa shape index (κ2) is 4.63. The summed E-state index contributed by atoms with van der Waals surface area (Å²) in [7, 11) is 3.28. The third kappa shape index (κ3) is 1.67. The van der Waals surface area contributed by atoms with Gasteiger partial charge in [-0.15, -0.1) is 0 Å². The third-order valence-corrected chi connectivity index (χ3v) is 4.29. The number of ether oxygens (including phenoxy) is 2. The number of carbonyl (C=O) groups is 1. The summed E-state index contributed by atoms with van der Waals surface area (Å²) in [6, 6.07) is 11.9. The highest BCUT2D eigenvalue weighted by Crippen LogP contribution is 2.38. The van der Waals surface area contributed by atoms with Crippen LogP contribution in [0.5, 0.6) is 11.5 Å². The number of nitrogens with one attached hydrogen (secondary N) is 1. The lowest BCUT2D eigenvalue weighted by Gasteiger charge is -2.12. The molecule has 4 heteroatoms. The van der Waals surface area contributed by atoms with E-state index >= 15 is 0 Å². The van der Waals surface area contributed by atoms with Crippen molar-refractivity contribution in [2.45, 2.75) is 6.54 Å². The molecule has 1 heterocycles. The number of methoxy groups -OCH3 is 2. The van der Waals surface area contributed by atoms with Gasteiger partial charge in [0.1, 0.15) is 11.5 Å². The molecule has 0 spiro atoms.